The first-order chi connectivity index (χ1) is 17.6. The Kier molecular flexibility index (Phi) is 10.6. The van der Waals surface area contributed by atoms with Crippen LogP contribution in [0.4, 0.5) is 9.59 Å². The molecule has 36 heavy (non-hydrogen) atoms. The monoisotopic (exact) mass is 492 g/mol. The van der Waals surface area contributed by atoms with Gasteiger partial charge < -0.3 is 19.3 Å². The van der Waals surface area contributed by atoms with Crippen LogP contribution in [-0.2, 0) is 29.1 Å². The van der Waals surface area contributed by atoms with Gasteiger partial charge in [0.1, 0.15) is 19.0 Å². The van der Waals surface area contributed by atoms with Crippen molar-refractivity contribution in [2.24, 2.45) is 0 Å². The zero-order valence-corrected chi connectivity index (χ0v) is 20.3. The number of methoxy groups -OCH3 is 1. The van der Waals surface area contributed by atoms with E-state index >= 15 is 0 Å². The van der Waals surface area contributed by atoms with E-state index in [0.717, 1.165) is 21.7 Å². The van der Waals surface area contributed by atoms with Crippen LogP contribution in [0.15, 0.2) is 84.9 Å². The van der Waals surface area contributed by atoms with Gasteiger partial charge in [0, 0.05) is 6.61 Å². The van der Waals surface area contributed by atoms with Gasteiger partial charge in [0.2, 0.25) is 0 Å². The maximum atomic E-state index is 13.2. The van der Waals surface area contributed by atoms with E-state index in [2.05, 4.69) is 5.43 Å². The molecule has 0 aliphatic carbocycles. The fourth-order valence-electron chi connectivity index (χ4n) is 3.61. The predicted octanol–water partition coefficient (Wildman–Crippen LogP) is 4.86. The molecule has 0 spiro atoms. The Labute approximate surface area is 211 Å². The van der Waals surface area contributed by atoms with Crippen LogP contribution in [0.3, 0.4) is 0 Å². The molecule has 0 aliphatic rings. The standard InChI is InChI=1S/C28H32N2O6/c1-34-26-16-14-22(15-17-26)19-25(13-8-18-31)30(28(33)36-21-24-11-6-3-7-12-24)29-27(32)35-20-23-9-4-2-5-10-23/h2-7,9-12,14-17,25,31H,8,13,18-21H2,1H3,(H,29,32). The molecule has 0 saturated carbocycles. The first-order valence-corrected chi connectivity index (χ1v) is 11.8. The molecule has 0 aromatic heterocycles. The Morgan fingerprint density at radius 1 is 0.833 bits per heavy atom. The normalized spacial score (nSPS) is 11.3. The van der Waals surface area contributed by atoms with Crippen molar-refractivity contribution in [2.45, 2.75) is 38.5 Å². The zero-order valence-electron chi connectivity index (χ0n) is 20.3. The summed E-state index contributed by atoms with van der Waals surface area (Å²) in [6.45, 7) is 0.0516. The van der Waals surface area contributed by atoms with Crippen molar-refractivity contribution in [3.63, 3.8) is 0 Å². The second-order valence-electron chi connectivity index (χ2n) is 8.16. The van der Waals surface area contributed by atoms with Crippen LogP contribution in [-0.4, -0.2) is 42.1 Å². The fourth-order valence-corrected chi connectivity index (χ4v) is 3.61. The Balaban J connectivity index is 1.75. The van der Waals surface area contributed by atoms with Gasteiger partial charge in [-0.3, -0.25) is 0 Å². The lowest BCUT2D eigenvalue weighted by atomic mass is 10.0. The number of aliphatic hydroxyl groups excluding tert-OH is 1. The minimum absolute atomic E-state index is 0.0478. The number of benzene rings is 3. The molecule has 3 rings (SSSR count). The van der Waals surface area contributed by atoms with Crippen LogP contribution < -0.4 is 10.2 Å². The maximum Gasteiger partial charge on any atom is 0.429 e. The van der Waals surface area contributed by atoms with Crippen molar-refractivity contribution < 1.29 is 28.9 Å². The summed E-state index contributed by atoms with van der Waals surface area (Å²) in [5.74, 6) is 0.715. The molecule has 0 bridgehead atoms. The molecule has 190 valence electrons. The minimum Gasteiger partial charge on any atom is -0.497 e. The second kappa shape index (κ2) is 14.4. The zero-order chi connectivity index (χ0) is 25.6. The third-order valence-corrected chi connectivity index (χ3v) is 5.52. The molecule has 0 aliphatic heterocycles. The largest absolute Gasteiger partial charge is 0.497 e. The summed E-state index contributed by atoms with van der Waals surface area (Å²) in [6, 6.07) is 25.5. The second-order valence-corrected chi connectivity index (χ2v) is 8.16. The topological polar surface area (TPSA) is 97.3 Å². The van der Waals surface area contributed by atoms with E-state index in [1.807, 2.05) is 84.9 Å². The number of hydrazine groups is 1. The summed E-state index contributed by atoms with van der Waals surface area (Å²) in [6.07, 6.45) is -0.207. The Hall–Kier alpha value is -4.04. The molecule has 0 radical (unpaired) electrons. The minimum atomic E-state index is -0.778. The SMILES string of the molecule is COc1ccc(CC(CCCO)N(NC(=O)OCc2ccccc2)C(=O)OCc2ccccc2)cc1. The number of aliphatic hydroxyl groups is 1. The van der Waals surface area contributed by atoms with Crippen molar-refractivity contribution in [3.05, 3.63) is 102 Å². The quantitative estimate of drug-likeness (QED) is 0.371. The molecular weight excluding hydrogens is 460 g/mol. The first-order valence-electron chi connectivity index (χ1n) is 11.8. The number of carbonyl (C=O) groups is 2. The number of hydrogen-bond acceptors (Lipinski definition) is 6. The molecule has 1 unspecified atom stereocenters. The van der Waals surface area contributed by atoms with Crippen LogP contribution >= 0.6 is 0 Å². The van der Waals surface area contributed by atoms with Crippen molar-refractivity contribution in [2.75, 3.05) is 13.7 Å². The van der Waals surface area contributed by atoms with Gasteiger partial charge in [-0.25, -0.2) is 20.0 Å². The van der Waals surface area contributed by atoms with E-state index in [9.17, 15) is 14.7 Å². The summed E-state index contributed by atoms with van der Waals surface area (Å²) in [5.41, 5.74) is 5.14. The number of hydrogen-bond donors (Lipinski definition) is 2. The highest BCUT2D eigenvalue weighted by Crippen LogP contribution is 2.18. The number of nitrogens with zero attached hydrogens (tertiary/aromatic N) is 1. The summed E-state index contributed by atoms with van der Waals surface area (Å²) in [5, 5.41) is 10.6. The van der Waals surface area contributed by atoms with E-state index in [0.29, 0.717) is 25.0 Å². The summed E-state index contributed by atoms with van der Waals surface area (Å²) in [4.78, 5) is 25.8. The van der Waals surface area contributed by atoms with Gasteiger partial charge in [0.15, 0.2) is 0 Å². The fraction of sp³-hybridized carbons (Fsp3) is 0.286. The smallest absolute Gasteiger partial charge is 0.429 e. The number of ether oxygens (including phenoxy) is 3. The average molecular weight is 493 g/mol. The number of rotatable bonds is 11. The molecule has 0 saturated heterocycles. The number of carbonyl (C=O) groups excluding carboxylic acids is 2. The van der Waals surface area contributed by atoms with Gasteiger partial charge in [-0.2, -0.15) is 0 Å². The highest BCUT2D eigenvalue weighted by atomic mass is 16.6. The van der Waals surface area contributed by atoms with E-state index in [1.54, 1.807) is 7.11 Å². The number of nitrogens with one attached hydrogen (secondary N) is 1. The molecule has 8 nitrogen and oxygen atoms in total. The molecule has 1 atom stereocenters. The highest BCUT2D eigenvalue weighted by Gasteiger charge is 2.28. The van der Waals surface area contributed by atoms with Crippen LogP contribution in [0.1, 0.15) is 29.5 Å². The first kappa shape index (κ1) is 26.6. The summed E-state index contributed by atoms with van der Waals surface area (Å²) >= 11 is 0. The molecule has 0 fully saturated rings. The lowest BCUT2D eigenvalue weighted by Crippen LogP contribution is -2.53. The maximum absolute atomic E-state index is 13.2. The molecule has 2 N–H and O–H groups in total. The van der Waals surface area contributed by atoms with Crippen molar-refractivity contribution in [1.29, 1.82) is 0 Å². The van der Waals surface area contributed by atoms with Gasteiger partial charge in [0.05, 0.1) is 13.2 Å². The Morgan fingerprint density at radius 2 is 1.42 bits per heavy atom. The van der Waals surface area contributed by atoms with Crippen LogP contribution in [0.25, 0.3) is 0 Å². The van der Waals surface area contributed by atoms with Gasteiger partial charge in [0.25, 0.3) is 0 Å². The van der Waals surface area contributed by atoms with Gasteiger partial charge in [-0.1, -0.05) is 72.8 Å². The van der Waals surface area contributed by atoms with Crippen LogP contribution in [0, 0.1) is 0 Å². The van der Waals surface area contributed by atoms with E-state index in [4.69, 9.17) is 14.2 Å². The van der Waals surface area contributed by atoms with Crippen molar-refractivity contribution >= 4 is 12.2 Å². The Bertz CT molecular complexity index is 1060. The molecule has 3 aromatic rings. The van der Waals surface area contributed by atoms with Crippen molar-refractivity contribution in [3.8, 4) is 5.75 Å². The number of amides is 2. The molecule has 3 aromatic carbocycles. The Morgan fingerprint density at radius 3 is 1.97 bits per heavy atom. The van der Waals surface area contributed by atoms with E-state index < -0.39 is 18.2 Å². The lowest BCUT2D eigenvalue weighted by Gasteiger charge is -2.31. The van der Waals surface area contributed by atoms with Gasteiger partial charge in [-0.05, 0) is 48.1 Å². The molecule has 8 heteroatoms. The third kappa shape index (κ3) is 8.63. The van der Waals surface area contributed by atoms with E-state index in [1.165, 1.54) is 0 Å². The molecule has 0 heterocycles. The van der Waals surface area contributed by atoms with E-state index in [-0.39, 0.29) is 19.8 Å². The van der Waals surface area contributed by atoms with Crippen LogP contribution in [0.2, 0.25) is 0 Å². The van der Waals surface area contributed by atoms with Crippen LogP contribution in [0.5, 0.6) is 5.75 Å². The summed E-state index contributed by atoms with van der Waals surface area (Å²) < 4.78 is 16.1. The van der Waals surface area contributed by atoms with Gasteiger partial charge >= 0.3 is 12.2 Å². The van der Waals surface area contributed by atoms with Gasteiger partial charge in [-0.15, -0.1) is 0 Å². The summed E-state index contributed by atoms with van der Waals surface area (Å²) in [7, 11) is 1.59. The third-order valence-electron chi connectivity index (χ3n) is 5.52. The highest BCUT2D eigenvalue weighted by molar-refractivity contribution is 5.74. The molecule has 2 amide bonds. The lowest BCUT2D eigenvalue weighted by molar-refractivity contribution is 0.0430. The van der Waals surface area contributed by atoms with Crippen molar-refractivity contribution in [1.82, 2.24) is 10.4 Å². The average Bonchev–Trinajstić information content (AvgIpc) is 2.93. The predicted molar refractivity (Wildman–Crippen MR) is 135 cm³/mol. The molecular formula is C28H32N2O6.